The molecule has 0 aliphatic carbocycles. The Morgan fingerprint density at radius 3 is 3.14 bits per heavy atom. The monoisotopic (exact) mass is 133 g/mol. The molecule has 0 saturated carbocycles. The third-order valence-electron chi connectivity index (χ3n) is 0.397. The van der Waals surface area contributed by atoms with E-state index in [0.29, 0.717) is 0 Å². The van der Waals surface area contributed by atoms with Crippen LogP contribution in [0.1, 0.15) is 6.92 Å². The summed E-state index contributed by atoms with van der Waals surface area (Å²) in [6, 6.07) is 1.19. The van der Waals surface area contributed by atoms with Gasteiger partial charge in [0.2, 0.25) is 6.08 Å². The van der Waals surface area contributed by atoms with Crippen LogP contribution in [0.2, 0.25) is 6.04 Å². The lowest BCUT2D eigenvalue weighted by Crippen LogP contribution is -1.71. The molecule has 0 aliphatic heterocycles. The van der Waals surface area contributed by atoms with E-state index in [4.69, 9.17) is 0 Å². The summed E-state index contributed by atoms with van der Waals surface area (Å²) in [6.45, 7) is 2.10. The number of hydrogen-bond acceptors (Lipinski definition) is 3. The molecule has 0 rings (SSSR count). The van der Waals surface area contributed by atoms with Crippen LogP contribution in [-0.2, 0) is 4.79 Å². The van der Waals surface area contributed by atoms with Gasteiger partial charge in [-0.05, 0) is 0 Å². The number of hydrogen-bond donors (Lipinski definition) is 0. The zero-order valence-electron chi connectivity index (χ0n) is 4.18. The van der Waals surface area contributed by atoms with Crippen LogP contribution < -0.4 is 0 Å². The molecule has 0 unspecified atom stereocenters. The summed E-state index contributed by atoms with van der Waals surface area (Å²) in [7, 11) is -0.102. The molecule has 7 heavy (non-hydrogen) atoms. The molecule has 4 heteroatoms. The average molecular weight is 133 g/mol. The van der Waals surface area contributed by atoms with Gasteiger partial charge in [0, 0.05) is 0 Å². The van der Waals surface area contributed by atoms with Crippen molar-refractivity contribution >= 4 is 26.1 Å². The molecule has 0 amide bonds. The summed E-state index contributed by atoms with van der Waals surface area (Å²) in [5, 5.41) is 0. The quantitative estimate of drug-likeness (QED) is 0.184. The third kappa shape index (κ3) is 5.95. The second-order valence-corrected chi connectivity index (χ2v) is 4.86. The van der Waals surface area contributed by atoms with Crippen molar-refractivity contribution in [2.24, 2.45) is 4.40 Å². The maximum absolute atomic E-state index is 9.39. The summed E-state index contributed by atoms with van der Waals surface area (Å²) in [5.41, 5.74) is 0. The Hall–Kier alpha value is -0.0531. The molecule has 0 N–H and O–H groups in total. The molecule has 0 aromatic carbocycles. The number of carbonyl (C=O) groups excluding carboxylic acids is 1. The molecule has 2 nitrogen and oxygen atoms in total. The van der Waals surface area contributed by atoms with Gasteiger partial charge < -0.3 is 0 Å². The predicted molar refractivity (Wildman–Crippen MR) is 34.7 cm³/mol. The van der Waals surface area contributed by atoms with Crippen molar-refractivity contribution in [2.75, 3.05) is 0 Å². The van der Waals surface area contributed by atoms with Gasteiger partial charge in [-0.2, -0.15) is 0 Å². The fourth-order valence-electron chi connectivity index (χ4n) is 0.163. The van der Waals surface area contributed by atoms with Crippen LogP contribution in [0.25, 0.3) is 0 Å². The third-order valence-corrected chi connectivity index (χ3v) is 3.35. The first-order chi connectivity index (χ1) is 3.41. The first kappa shape index (κ1) is 6.95. The minimum atomic E-state index is -0.102. The predicted octanol–water partition coefficient (Wildman–Crippen LogP) is 0.492. The molecule has 0 radical (unpaired) electrons. The van der Waals surface area contributed by atoms with E-state index in [9.17, 15) is 4.79 Å². The molecular formula is C3H7NOSSi. The molecule has 0 fully saturated rings. The van der Waals surface area contributed by atoms with Crippen molar-refractivity contribution in [3.63, 3.8) is 0 Å². The minimum absolute atomic E-state index is 0.102. The lowest BCUT2D eigenvalue weighted by atomic mass is 11.0. The first-order valence-corrected chi connectivity index (χ1v) is 5.78. The van der Waals surface area contributed by atoms with E-state index in [-0.39, 0.29) is 8.67 Å². The van der Waals surface area contributed by atoms with E-state index < -0.39 is 0 Å². The molecule has 0 spiro atoms. The standard InChI is InChI=1S/C3H7NOSSi/c1-2-7-6-4-3-5/h2,7H2,1H3. The van der Waals surface area contributed by atoms with Gasteiger partial charge in [0.1, 0.15) is 8.67 Å². The van der Waals surface area contributed by atoms with Crippen LogP contribution in [0, 0.1) is 0 Å². The summed E-state index contributed by atoms with van der Waals surface area (Å²) in [4.78, 5) is 9.39. The van der Waals surface area contributed by atoms with Crippen molar-refractivity contribution in [3.8, 4) is 0 Å². The van der Waals surface area contributed by atoms with Gasteiger partial charge in [0.25, 0.3) is 0 Å². The van der Waals surface area contributed by atoms with Crippen LogP contribution in [-0.4, -0.2) is 14.7 Å². The maximum atomic E-state index is 9.39. The Morgan fingerprint density at radius 2 is 2.71 bits per heavy atom. The fraction of sp³-hybridized carbons (Fsp3) is 0.667. The molecule has 40 valence electrons. The van der Waals surface area contributed by atoms with Crippen LogP contribution in [0.5, 0.6) is 0 Å². The SMILES string of the molecule is CC[SiH2]SN=C=O. The Balaban J connectivity index is 2.83. The maximum Gasteiger partial charge on any atom is 0.246 e. The normalized spacial score (nSPS) is 9.29. The van der Waals surface area contributed by atoms with Crippen LogP contribution in [0.15, 0.2) is 4.40 Å². The van der Waals surface area contributed by atoms with E-state index >= 15 is 0 Å². The Morgan fingerprint density at radius 1 is 2.00 bits per heavy atom. The van der Waals surface area contributed by atoms with Crippen molar-refractivity contribution < 1.29 is 4.79 Å². The smallest absolute Gasteiger partial charge is 0.210 e. The van der Waals surface area contributed by atoms with Gasteiger partial charge in [-0.3, -0.25) is 0 Å². The van der Waals surface area contributed by atoms with Gasteiger partial charge in [-0.15, -0.1) is 4.40 Å². The highest BCUT2D eigenvalue weighted by Gasteiger charge is 1.77. The number of rotatable bonds is 3. The molecule has 0 atom stereocenters. The van der Waals surface area contributed by atoms with Gasteiger partial charge in [0.05, 0.1) is 0 Å². The van der Waals surface area contributed by atoms with Gasteiger partial charge in [-0.1, -0.05) is 24.4 Å². The highest BCUT2D eigenvalue weighted by molar-refractivity contribution is 8.21. The van der Waals surface area contributed by atoms with Crippen molar-refractivity contribution in [1.29, 1.82) is 0 Å². The van der Waals surface area contributed by atoms with Gasteiger partial charge >= 0.3 is 0 Å². The molecule has 0 saturated heterocycles. The average Bonchev–Trinajstić information content (AvgIpc) is 1.69. The largest absolute Gasteiger partial charge is 0.246 e. The second-order valence-electron chi connectivity index (χ2n) is 1.02. The van der Waals surface area contributed by atoms with Crippen molar-refractivity contribution in [1.82, 2.24) is 0 Å². The number of nitrogens with zero attached hydrogens (tertiary/aromatic N) is 1. The van der Waals surface area contributed by atoms with Crippen molar-refractivity contribution in [2.45, 2.75) is 13.0 Å². The molecule has 0 aromatic rings. The van der Waals surface area contributed by atoms with Gasteiger partial charge in [0.15, 0.2) is 0 Å². The van der Waals surface area contributed by atoms with E-state index in [0.717, 1.165) is 0 Å². The van der Waals surface area contributed by atoms with Gasteiger partial charge in [-0.25, -0.2) is 4.79 Å². The minimum Gasteiger partial charge on any atom is -0.210 e. The van der Waals surface area contributed by atoms with Crippen molar-refractivity contribution in [3.05, 3.63) is 0 Å². The van der Waals surface area contributed by atoms with Crippen LogP contribution in [0.4, 0.5) is 0 Å². The lowest BCUT2D eigenvalue weighted by molar-refractivity contribution is 0.566. The Labute approximate surface area is 49.0 Å². The topological polar surface area (TPSA) is 29.4 Å². The fourth-order valence-corrected chi connectivity index (χ4v) is 1.47. The molecule has 0 aliphatic rings. The van der Waals surface area contributed by atoms with Crippen LogP contribution in [0.3, 0.4) is 0 Å². The van der Waals surface area contributed by atoms with E-state index in [1.807, 2.05) is 0 Å². The molecule has 0 heterocycles. The molecular weight excluding hydrogens is 126 g/mol. The molecule has 0 aromatic heterocycles. The zero-order chi connectivity index (χ0) is 5.54. The summed E-state index contributed by atoms with van der Waals surface area (Å²) in [5.74, 6) is 0. The number of isocyanates is 1. The van der Waals surface area contributed by atoms with E-state index in [2.05, 4.69) is 11.3 Å². The highest BCUT2D eigenvalue weighted by atomic mass is 32.4. The summed E-state index contributed by atoms with van der Waals surface area (Å²) >= 11 is 1.39. The lowest BCUT2D eigenvalue weighted by Gasteiger charge is -1.78. The van der Waals surface area contributed by atoms with Crippen LogP contribution >= 0.6 is 11.4 Å². The zero-order valence-corrected chi connectivity index (χ0v) is 6.41. The Kier molecular flexibility index (Phi) is 5.90. The van der Waals surface area contributed by atoms with E-state index in [1.54, 1.807) is 0 Å². The highest BCUT2D eigenvalue weighted by Crippen LogP contribution is 1.97. The van der Waals surface area contributed by atoms with E-state index in [1.165, 1.54) is 23.5 Å². The summed E-state index contributed by atoms with van der Waals surface area (Å²) < 4.78 is 3.33. The Bertz CT molecular complexity index is 81.0. The summed E-state index contributed by atoms with van der Waals surface area (Å²) in [6.07, 6.45) is 1.48. The second kappa shape index (κ2) is 5.95. The first-order valence-electron chi connectivity index (χ1n) is 2.11. The molecule has 0 bridgehead atoms.